The lowest BCUT2D eigenvalue weighted by molar-refractivity contribution is -0.124. The zero-order chi connectivity index (χ0) is 24.3. The van der Waals surface area contributed by atoms with Crippen molar-refractivity contribution in [3.63, 3.8) is 0 Å². The number of hydroxylamine groups is 1. The molecular weight excluding hydrogens is 471 g/mol. The third-order valence-electron chi connectivity index (χ3n) is 5.32. The molecule has 0 saturated heterocycles. The molecule has 2 N–H and O–H groups in total. The van der Waals surface area contributed by atoms with Crippen LogP contribution < -0.4 is 5.48 Å². The number of nitrogens with zero attached hydrogens (tertiary/aromatic N) is 1. The zero-order valence-corrected chi connectivity index (χ0v) is 17.8. The topological polar surface area (TPSA) is 86.7 Å². The summed E-state index contributed by atoms with van der Waals surface area (Å²) in [6.07, 6.45) is 4.44. The Morgan fingerprint density at radius 2 is 1.48 bits per heavy atom. The quantitative estimate of drug-likeness (QED) is 0.153. The van der Waals surface area contributed by atoms with Crippen LogP contribution in [0, 0.1) is 29.1 Å². The van der Waals surface area contributed by atoms with Gasteiger partial charge in [0.1, 0.15) is 0 Å². The van der Waals surface area contributed by atoms with Crippen LogP contribution >= 0.6 is 0 Å². The van der Waals surface area contributed by atoms with Gasteiger partial charge in [0.2, 0.25) is 15.8 Å². The summed E-state index contributed by atoms with van der Waals surface area (Å²) >= 11 is 0. The number of halogens is 5. The van der Waals surface area contributed by atoms with E-state index in [2.05, 4.69) is 0 Å². The molecule has 1 aliphatic carbocycles. The van der Waals surface area contributed by atoms with Gasteiger partial charge < -0.3 is 0 Å². The minimum absolute atomic E-state index is 0.367. The number of hydrogen-bond acceptors (Lipinski definition) is 4. The molecule has 0 atom stereocenters. The summed E-state index contributed by atoms with van der Waals surface area (Å²) in [5.74, 6) is -12.7. The lowest BCUT2D eigenvalue weighted by Gasteiger charge is -2.28. The second-order valence-electron chi connectivity index (χ2n) is 7.44. The Balaban J connectivity index is 1.99. The van der Waals surface area contributed by atoms with Crippen LogP contribution in [0.15, 0.2) is 35.2 Å². The molecule has 1 fully saturated rings. The van der Waals surface area contributed by atoms with Crippen LogP contribution in [0.4, 0.5) is 22.0 Å². The van der Waals surface area contributed by atoms with Crippen LogP contribution in [0.1, 0.15) is 36.8 Å². The Bertz CT molecular complexity index is 1150. The fourth-order valence-electron chi connectivity index (χ4n) is 3.65. The van der Waals surface area contributed by atoms with Gasteiger partial charge in [-0.05, 0) is 30.0 Å². The molecule has 2 aromatic rings. The third-order valence-corrected chi connectivity index (χ3v) is 7.24. The molecule has 3 rings (SSSR count). The lowest BCUT2D eigenvalue weighted by Crippen LogP contribution is -2.39. The standard InChI is InChI=1S/C21H19F5N2O4S/c22-16-17(23)19(25)21(20(26)18(16)24)33(31,32)28(14-3-1-2-4-14)11-13-7-5-12(6-8-13)9-10-15(29)27-30/h5-10,14,30H,1-4,11H2,(H,27,29)/b10-9+. The van der Waals surface area contributed by atoms with E-state index in [4.69, 9.17) is 5.21 Å². The largest absolute Gasteiger partial charge is 0.288 e. The highest BCUT2D eigenvalue weighted by Crippen LogP contribution is 2.34. The molecular formula is C21H19F5N2O4S. The average molecular weight is 490 g/mol. The highest BCUT2D eigenvalue weighted by Gasteiger charge is 2.40. The van der Waals surface area contributed by atoms with Crippen LogP contribution in [0.3, 0.4) is 0 Å². The van der Waals surface area contributed by atoms with E-state index in [-0.39, 0.29) is 6.54 Å². The first-order chi connectivity index (χ1) is 15.6. The van der Waals surface area contributed by atoms with Gasteiger partial charge in [-0.1, -0.05) is 37.1 Å². The van der Waals surface area contributed by atoms with E-state index in [9.17, 15) is 35.2 Å². The maximum Gasteiger partial charge on any atom is 0.267 e. The minimum Gasteiger partial charge on any atom is -0.288 e. The van der Waals surface area contributed by atoms with E-state index in [0.29, 0.717) is 36.8 Å². The number of nitrogens with one attached hydrogen (secondary N) is 1. The van der Waals surface area contributed by atoms with Crippen molar-refractivity contribution in [3.05, 3.63) is 70.6 Å². The van der Waals surface area contributed by atoms with Crippen molar-refractivity contribution >= 4 is 22.0 Å². The second kappa shape index (κ2) is 9.98. The molecule has 178 valence electrons. The molecule has 1 aliphatic rings. The van der Waals surface area contributed by atoms with Crippen molar-refractivity contribution in [2.75, 3.05) is 0 Å². The van der Waals surface area contributed by atoms with Crippen molar-refractivity contribution < 1.29 is 40.4 Å². The molecule has 6 nitrogen and oxygen atoms in total. The zero-order valence-electron chi connectivity index (χ0n) is 17.0. The number of carbonyl (C=O) groups excluding carboxylic acids is 1. The van der Waals surface area contributed by atoms with Crippen molar-refractivity contribution in [3.8, 4) is 0 Å². The van der Waals surface area contributed by atoms with Crippen molar-refractivity contribution in [1.29, 1.82) is 0 Å². The molecule has 2 aromatic carbocycles. The summed E-state index contributed by atoms with van der Waals surface area (Å²) in [5.41, 5.74) is 2.33. The maximum absolute atomic E-state index is 14.3. The average Bonchev–Trinajstić information content (AvgIpc) is 3.33. The Labute approximate surface area is 186 Å². The number of benzene rings is 2. The number of hydrogen-bond donors (Lipinski definition) is 2. The molecule has 33 heavy (non-hydrogen) atoms. The molecule has 0 aromatic heterocycles. The Kier molecular flexibility index (Phi) is 7.50. The summed E-state index contributed by atoms with van der Waals surface area (Å²) in [5, 5.41) is 8.48. The summed E-state index contributed by atoms with van der Waals surface area (Å²) in [7, 11) is -5.10. The smallest absolute Gasteiger partial charge is 0.267 e. The van der Waals surface area contributed by atoms with E-state index < -0.39 is 56.0 Å². The minimum atomic E-state index is -5.10. The predicted molar refractivity (Wildman–Crippen MR) is 107 cm³/mol. The Morgan fingerprint density at radius 1 is 0.970 bits per heavy atom. The molecule has 0 spiro atoms. The van der Waals surface area contributed by atoms with Gasteiger partial charge in [-0.2, -0.15) is 4.31 Å². The van der Waals surface area contributed by atoms with Crippen LogP contribution in [0.25, 0.3) is 6.08 Å². The van der Waals surface area contributed by atoms with Crippen molar-refractivity contribution in [1.82, 2.24) is 9.79 Å². The summed E-state index contributed by atoms with van der Waals surface area (Å²) in [4.78, 5) is 9.18. The highest BCUT2D eigenvalue weighted by molar-refractivity contribution is 7.89. The molecule has 0 bridgehead atoms. The van der Waals surface area contributed by atoms with E-state index >= 15 is 0 Å². The number of sulfonamides is 1. The van der Waals surface area contributed by atoms with E-state index in [1.54, 1.807) is 0 Å². The van der Waals surface area contributed by atoms with Crippen LogP contribution in [0.2, 0.25) is 0 Å². The molecule has 0 unspecified atom stereocenters. The first kappa shape index (κ1) is 24.8. The lowest BCUT2D eigenvalue weighted by atomic mass is 10.1. The Hall–Kier alpha value is -2.83. The van der Waals surface area contributed by atoms with Gasteiger partial charge in [0.25, 0.3) is 5.91 Å². The molecule has 0 radical (unpaired) electrons. The van der Waals surface area contributed by atoms with E-state index in [0.717, 1.165) is 10.4 Å². The maximum atomic E-state index is 14.3. The van der Waals surface area contributed by atoms with Crippen molar-refractivity contribution in [2.24, 2.45) is 0 Å². The van der Waals surface area contributed by atoms with Gasteiger partial charge in [-0.15, -0.1) is 0 Å². The highest BCUT2D eigenvalue weighted by atomic mass is 32.2. The third kappa shape index (κ3) is 5.07. The van der Waals surface area contributed by atoms with E-state index in [1.165, 1.54) is 35.8 Å². The van der Waals surface area contributed by atoms with Gasteiger partial charge in [0.15, 0.2) is 28.2 Å². The van der Waals surface area contributed by atoms with Crippen LogP contribution in [-0.4, -0.2) is 29.9 Å². The molecule has 1 saturated carbocycles. The van der Waals surface area contributed by atoms with Gasteiger partial charge >= 0.3 is 0 Å². The van der Waals surface area contributed by atoms with Gasteiger partial charge in [-0.25, -0.2) is 35.8 Å². The first-order valence-electron chi connectivity index (χ1n) is 9.82. The number of amides is 1. The predicted octanol–water partition coefficient (Wildman–Crippen LogP) is 4.03. The van der Waals surface area contributed by atoms with Crippen LogP contribution in [-0.2, 0) is 21.4 Å². The Morgan fingerprint density at radius 3 is 2.00 bits per heavy atom. The van der Waals surface area contributed by atoms with Crippen molar-refractivity contribution in [2.45, 2.75) is 43.2 Å². The van der Waals surface area contributed by atoms with E-state index in [1.807, 2.05) is 0 Å². The summed E-state index contributed by atoms with van der Waals surface area (Å²) in [6, 6.07) is 5.35. The summed E-state index contributed by atoms with van der Waals surface area (Å²) < 4.78 is 96.6. The molecule has 0 aliphatic heterocycles. The SMILES string of the molecule is O=C(/C=C/c1ccc(CN(C2CCCC2)S(=O)(=O)c2c(F)c(F)c(F)c(F)c2F)cc1)NO. The van der Waals surface area contributed by atoms with Gasteiger partial charge in [-0.3, -0.25) is 10.0 Å². The molecule has 0 heterocycles. The molecule has 12 heteroatoms. The first-order valence-corrected chi connectivity index (χ1v) is 11.3. The fraction of sp³-hybridized carbons (Fsp3) is 0.286. The summed E-state index contributed by atoms with van der Waals surface area (Å²) in [6.45, 7) is -0.367. The van der Waals surface area contributed by atoms with Gasteiger partial charge in [0.05, 0.1) is 0 Å². The monoisotopic (exact) mass is 490 g/mol. The van der Waals surface area contributed by atoms with Crippen LogP contribution in [0.5, 0.6) is 0 Å². The fourth-order valence-corrected chi connectivity index (χ4v) is 5.44. The number of carbonyl (C=O) groups is 1. The van der Waals surface area contributed by atoms with Gasteiger partial charge in [0, 0.05) is 18.7 Å². The molecule has 1 amide bonds. The normalized spacial score (nSPS) is 15.0. The number of rotatable bonds is 7. The second-order valence-corrected chi connectivity index (χ2v) is 9.27.